The molecular weight excluding hydrogens is 420 g/mol. The first kappa shape index (κ1) is 21.3. The number of aryl methyl sites for hydroxylation is 1. The van der Waals surface area contributed by atoms with Crippen molar-refractivity contribution in [1.82, 2.24) is 9.62 Å². The second kappa shape index (κ2) is 8.69. The third kappa shape index (κ3) is 4.27. The van der Waals surface area contributed by atoms with Crippen LogP contribution in [0.2, 0.25) is 5.02 Å². The monoisotopic (exact) mass is 446 g/mol. The van der Waals surface area contributed by atoms with E-state index in [-0.39, 0.29) is 33.5 Å². The van der Waals surface area contributed by atoms with Crippen LogP contribution in [0.5, 0.6) is 0 Å². The van der Waals surface area contributed by atoms with Crippen molar-refractivity contribution in [2.75, 3.05) is 7.05 Å². The summed E-state index contributed by atoms with van der Waals surface area (Å²) in [5.41, 5.74) is 2.61. The summed E-state index contributed by atoms with van der Waals surface area (Å²) < 4.78 is 28.6. The molecule has 1 unspecified atom stereocenters. The molecule has 1 N–H and O–H groups in total. The second-order valence-electron chi connectivity index (χ2n) is 8.27. The number of halogens is 1. The van der Waals surface area contributed by atoms with Gasteiger partial charge >= 0.3 is 0 Å². The number of fused-ring (bicyclic) bond motifs is 1. The van der Waals surface area contributed by atoms with Gasteiger partial charge in [-0.3, -0.25) is 4.79 Å². The normalized spacial score (nSPS) is 19.5. The van der Waals surface area contributed by atoms with Crippen LogP contribution in [0.25, 0.3) is 0 Å². The molecule has 0 aromatic heterocycles. The average Bonchev–Trinajstić information content (AvgIpc) is 3.17. The van der Waals surface area contributed by atoms with E-state index in [4.69, 9.17) is 11.6 Å². The average molecular weight is 447 g/mol. The SMILES string of the molecule is CN(C(=O)c1cc(S(=O)(=O)NC2CCCCC2)ccc1Cl)C1CCc2ccccc21. The van der Waals surface area contributed by atoms with Gasteiger partial charge in [-0.05, 0) is 55.0 Å². The van der Waals surface area contributed by atoms with Crippen molar-refractivity contribution in [3.8, 4) is 0 Å². The fraction of sp³-hybridized carbons (Fsp3) is 0.435. The lowest BCUT2D eigenvalue weighted by Crippen LogP contribution is -2.36. The molecule has 160 valence electrons. The van der Waals surface area contributed by atoms with E-state index in [2.05, 4.69) is 10.8 Å². The van der Waals surface area contributed by atoms with Crippen LogP contribution in [-0.4, -0.2) is 32.3 Å². The molecule has 4 rings (SSSR count). The van der Waals surface area contributed by atoms with Gasteiger partial charge in [0.25, 0.3) is 5.91 Å². The first-order chi connectivity index (χ1) is 14.4. The van der Waals surface area contributed by atoms with E-state index in [1.807, 2.05) is 18.2 Å². The highest BCUT2D eigenvalue weighted by Crippen LogP contribution is 2.36. The highest BCUT2D eigenvalue weighted by atomic mass is 35.5. The molecule has 30 heavy (non-hydrogen) atoms. The largest absolute Gasteiger partial charge is 0.335 e. The number of hydrogen-bond acceptors (Lipinski definition) is 3. The maximum absolute atomic E-state index is 13.3. The molecule has 1 amide bonds. The maximum atomic E-state index is 13.3. The molecule has 0 bridgehead atoms. The van der Waals surface area contributed by atoms with Gasteiger partial charge in [-0.25, -0.2) is 13.1 Å². The lowest BCUT2D eigenvalue weighted by atomic mass is 9.96. The molecule has 2 aliphatic carbocycles. The number of nitrogens with zero attached hydrogens (tertiary/aromatic N) is 1. The molecule has 5 nitrogen and oxygen atoms in total. The van der Waals surface area contributed by atoms with Crippen molar-refractivity contribution in [3.63, 3.8) is 0 Å². The smallest absolute Gasteiger partial charge is 0.255 e. The molecule has 0 spiro atoms. The van der Waals surface area contributed by atoms with Crippen molar-refractivity contribution in [2.24, 2.45) is 0 Å². The summed E-state index contributed by atoms with van der Waals surface area (Å²) in [6, 6.07) is 12.4. The van der Waals surface area contributed by atoms with E-state index in [1.54, 1.807) is 11.9 Å². The fourth-order valence-corrected chi connectivity index (χ4v) is 6.14. The molecular formula is C23H27ClN2O3S. The van der Waals surface area contributed by atoms with Crippen LogP contribution < -0.4 is 4.72 Å². The molecule has 1 atom stereocenters. The van der Waals surface area contributed by atoms with Crippen molar-refractivity contribution in [3.05, 3.63) is 64.2 Å². The van der Waals surface area contributed by atoms with Gasteiger partial charge in [0.1, 0.15) is 0 Å². The Kier molecular flexibility index (Phi) is 6.19. The predicted octanol–water partition coefficient (Wildman–Crippen LogP) is 4.71. The van der Waals surface area contributed by atoms with Gasteiger partial charge in [-0.2, -0.15) is 0 Å². The summed E-state index contributed by atoms with van der Waals surface area (Å²) in [6.45, 7) is 0. The van der Waals surface area contributed by atoms with Crippen molar-refractivity contribution >= 4 is 27.5 Å². The summed E-state index contributed by atoms with van der Waals surface area (Å²) in [4.78, 5) is 15.0. The first-order valence-corrected chi connectivity index (χ1v) is 12.4. The third-order valence-corrected chi connectivity index (χ3v) is 8.14. The Hall–Kier alpha value is -1.89. The summed E-state index contributed by atoms with van der Waals surface area (Å²) >= 11 is 6.32. The van der Waals surface area contributed by atoms with Gasteiger partial charge in [-0.15, -0.1) is 0 Å². The summed E-state index contributed by atoms with van der Waals surface area (Å²) in [7, 11) is -1.95. The first-order valence-electron chi connectivity index (χ1n) is 10.5. The van der Waals surface area contributed by atoms with Gasteiger partial charge < -0.3 is 4.90 Å². The Morgan fingerprint density at radius 2 is 1.80 bits per heavy atom. The molecule has 0 heterocycles. The Morgan fingerprint density at radius 1 is 1.07 bits per heavy atom. The molecule has 1 fully saturated rings. The van der Waals surface area contributed by atoms with Crippen molar-refractivity contribution in [2.45, 2.75) is 61.9 Å². The van der Waals surface area contributed by atoms with E-state index >= 15 is 0 Å². The fourth-order valence-electron chi connectivity index (χ4n) is 4.61. The van der Waals surface area contributed by atoms with Crippen LogP contribution >= 0.6 is 11.6 Å². The third-order valence-electron chi connectivity index (χ3n) is 6.29. The van der Waals surface area contributed by atoms with Gasteiger partial charge in [0.2, 0.25) is 10.0 Å². The minimum Gasteiger partial charge on any atom is -0.335 e. The minimum atomic E-state index is -3.71. The number of amides is 1. The van der Waals surface area contributed by atoms with Gasteiger partial charge in [-0.1, -0.05) is 55.1 Å². The summed E-state index contributed by atoms with van der Waals surface area (Å²) in [6.07, 6.45) is 6.68. The van der Waals surface area contributed by atoms with Gasteiger partial charge in [0.15, 0.2) is 0 Å². The van der Waals surface area contributed by atoms with Crippen LogP contribution in [-0.2, 0) is 16.4 Å². The Balaban J connectivity index is 1.58. The van der Waals surface area contributed by atoms with Crippen LogP contribution in [0.3, 0.4) is 0 Å². The minimum absolute atomic E-state index is 0.0367. The Labute approximate surface area is 183 Å². The highest BCUT2D eigenvalue weighted by Gasteiger charge is 2.30. The second-order valence-corrected chi connectivity index (χ2v) is 10.4. The molecule has 7 heteroatoms. The quantitative estimate of drug-likeness (QED) is 0.723. The number of sulfonamides is 1. The standard InChI is InChI=1S/C23H27ClN2O3S/c1-26(22-14-11-16-7-5-6-10-19(16)22)23(27)20-15-18(12-13-21(20)24)30(28,29)25-17-8-3-2-4-9-17/h5-7,10,12-13,15,17,22,25H,2-4,8-9,11,14H2,1H3. The lowest BCUT2D eigenvalue weighted by Gasteiger charge is -2.26. The highest BCUT2D eigenvalue weighted by molar-refractivity contribution is 7.89. The van der Waals surface area contributed by atoms with E-state index < -0.39 is 10.0 Å². The van der Waals surface area contributed by atoms with E-state index in [9.17, 15) is 13.2 Å². The molecule has 0 aliphatic heterocycles. The topological polar surface area (TPSA) is 66.5 Å². The zero-order valence-electron chi connectivity index (χ0n) is 17.1. The number of benzene rings is 2. The number of carbonyl (C=O) groups is 1. The lowest BCUT2D eigenvalue weighted by molar-refractivity contribution is 0.0730. The molecule has 1 saturated carbocycles. The number of hydrogen-bond donors (Lipinski definition) is 1. The molecule has 2 aliphatic rings. The molecule has 2 aromatic rings. The van der Waals surface area contributed by atoms with Crippen molar-refractivity contribution < 1.29 is 13.2 Å². The zero-order chi connectivity index (χ0) is 21.3. The van der Waals surface area contributed by atoms with Crippen LogP contribution in [0.4, 0.5) is 0 Å². The number of nitrogens with one attached hydrogen (secondary N) is 1. The van der Waals surface area contributed by atoms with E-state index in [0.717, 1.165) is 50.5 Å². The van der Waals surface area contributed by atoms with Crippen LogP contribution in [0.15, 0.2) is 47.4 Å². The number of rotatable bonds is 5. The van der Waals surface area contributed by atoms with Crippen LogP contribution in [0.1, 0.15) is 66.1 Å². The maximum Gasteiger partial charge on any atom is 0.255 e. The summed E-state index contributed by atoms with van der Waals surface area (Å²) in [5, 5.41) is 0.259. The summed E-state index contributed by atoms with van der Waals surface area (Å²) in [5.74, 6) is -0.267. The van der Waals surface area contributed by atoms with Gasteiger partial charge in [0.05, 0.1) is 21.5 Å². The van der Waals surface area contributed by atoms with Crippen molar-refractivity contribution in [1.29, 1.82) is 0 Å². The predicted molar refractivity (Wildman–Crippen MR) is 118 cm³/mol. The van der Waals surface area contributed by atoms with Crippen LogP contribution in [0, 0.1) is 0 Å². The molecule has 0 radical (unpaired) electrons. The Bertz CT molecular complexity index is 1050. The molecule has 2 aromatic carbocycles. The molecule has 0 saturated heterocycles. The van der Waals surface area contributed by atoms with E-state index in [0.29, 0.717) is 0 Å². The Morgan fingerprint density at radius 3 is 2.57 bits per heavy atom. The number of carbonyl (C=O) groups excluding carboxylic acids is 1. The van der Waals surface area contributed by atoms with E-state index in [1.165, 1.54) is 23.8 Å². The van der Waals surface area contributed by atoms with Gasteiger partial charge in [0, 0.05) is 13.1 Å². The zero-order valence-corrected chi connectivity index (χ0v) is 18.7.